The first-order chi connectivity index (χ1) is 7.90. The Labute approximate surface area is 97.3 Å². The number of hydrogen-bond donors (Lipinski definition) is 1. The van der Waals surface area contributed by atoms with Crippen molar-refractivity contribution in [2.75, 3.05) is 13.1 Å². The molecule has 1 aromatic rings. The molecule has 0 aliphatic carbocycles. The second kappa shape index (κ2) is 4.21. The molecule has 0 spiro atoms. The maximum Gasteiger partial charge on any atom is 0.109 e. The minimum absolute atomic E-state index is 0.717. The van der Waals surface area contributed by atoms with Gasteiger partial charge in [0.25, 0.3) is 0 Å². The topological polar surface area (TPSA) is 29.9 Å². The van der Waals surface area contributed by atoms with E-state index in [-0.39, 0.29) is 0 Å². The van der Waals surface area contributed by atoms with E-state index >= 15 is 0 Å². The van der Waals surface area contributed by atoms with Crippen molar-refractivity contribution in [1.29, 1.82) is 0 Å². The third kappa shape index (κ3) is 1.58. The first-order valence-electron chi connectivity index (χ1n) is 6.69. The lowest BCUT2D eigenvalue weighted by Gasteiger charge is -2.19. The molecular formula is C13H21N3. The third-order valence-corrected chi connectivity index (χ3v) is 3.98. The Balaban J connectivity index is 2.02. The van der Waals surface area contributed by atoms with E-state index in [0.717, 1.165) is 13.0 Å². The summed E-state index contributed by atoms with van der Waals surface area (Å²) in [6, 6.07) is 0. The van der Waals surface area contributed by atoms with Gasteiger partial charge in [-0.2, -0.15) is 0 Å². The SMILES string of the molecule is CCc1nc2n(c1C1CCNC1)CCCC2. The standard InChI is InChI=1S/C13H21N3/c1-2-11-13(10-6-7-14-9-10)16-8-4-3-5-12(16)15-11/h10,14H,2-9H2,1H3. The second-order valence-electron chi connectivity index (χ2n) is 5.01. The molecule has 1 fully saturated rings. The Morgan fingerprint density at radius 2 is 2.38 bits per heavy atom. The van der Waals surface area contributed by atoms with Gasteiger partial charge in [0, 0.05) is 31.1 Å². The fourth-order valence-electron chi connectivity index (χ4n) is 3.17. The van der Waals surface area contributed by atoms with E-state index in [2.05, 4.69) is 16.8 Å². The maximum atomic E-state index is 4.85. The monoisotopic (exact) mass is 219 g/mol. The summed E-state index contributed by atoms with van der Waals surface area (Å²) >= 11 is 0. The fraction of sp³-hybridized carbons (Fsp3) is 0.769. The molecule has 3 heterocycles. The van der Waals surface area contributed by atoms with Gasteiger partial charge in [0.05, 0.1) is 5.69 Å². The summed E-state index contributed by atoms with van der Waals surface area (Å²) in [4.78, 5) is 4.85. The van der Waals surface area contributed by atoms with E-state index < -0.39 is 0 Å². The molecule has 2 aliphatic rings. The number of nitrogens with zero attached hydrogens (tertiary/aromatic N) is 2. The fourth-order valence-corrected chi connectivity index (χ4v) is 3.17. The van der Waals surface area contributed by atoms with Gasteiger partial charge in [-0.3, -0.25) is 0 Å². The van der Waals surface area contributed by atoms with Crippen LogP contribution in [-0.4, -0.2) is 22.6 Å². The van der Waals surface area contributed by atoms with E-state index in [1.165, 1.54) is 50.3 Å². The number of fused-ring (bicyclic) bond motifs is 1. The summed E-state index contributed by atoms with van der Waals surface area (Å²) in [5.74, 6) is 2.07. The lowest BCUT2D eigenvalue weighted by atomic mass is 10.0. The zero-order valence-electron chi connectivity index (χ0n) is 10.1. The van der Waals surface area contributed by atoms with Crippen molar-refractivity contribution in [1.82, 2.24) is 14.9 Å². The number of hydrogen-bond acceptors (Lipinski definition) is 2. The van der Waals surface area contributed by atoms with Gasteiger partial charge >= 0.3 is 0 Å². The minimum atomic E-state index is 0.717. The van der Waals surface area contributed by atoms with Crippen LogP contribution in [0.5, 0.6) is 0 Å². The van der Waals surface area contributed by atoms with Gasteiger partial charge in [-0.15, -0.1) is 0 Å². The molecule has 1 atom stereocenters. The molecule has 3 heteroatoms. The smallest absolute Gasteiger partial charge is 0.109 e. The van der Waals surface area contributed by atoms with Crippen LogP contribution in [0.4, 0.5) is 0 Å². The molecule has 3 rings (SSSR count). The molecule has 3 nitrogen and oxygen atoms in total. The molecule has 16 heavy (non-hydrogen) atoms. The van der Waals surface area contributed by atoms with E-state index in [1.54, 1.807) is 5.69 Å². The Bertz CT molecular complexity index is 375. The van der Waals surface area contributed by atoms with Gasteiger partial charge in [0.15, 0.2) is 0 Å². The van der Waals surface area contributed by atoms with E-state index in [0.29, 0.717) is 5.92 Å². The highest BCUT2D eigenvalue weighted by Gasteiger charge is 2.26. The number of nitrogens with one attached hydrogen (secondary N) is 1. The first-order valence-corrected chi connectivity index (χ1v) is 6.69. The summed E-state index contributed by atoms with van der Waals surface area (Å²) in [7, 11) is 0. The Kier molecular flexibility index (Phi) is 2.72. The molecule has 0 aromatic carbocycles. The van der Waals surface area contributed by atoms with Crippen LogP contribution in [0.3, 0.4) is 0 Å². The van der Waals surface area contributed by atoms with Gasteiger partial charge < -0.3 is 9.88 Å². The van der Waals surface area contributed by atoms with Crippen molar-refractivity contribution in [2.45, 2.75) is 51.5 Å². The highest BCUT2D eigenvalue weighted by Crippen LogP contribution is 2.29. The predicted molar refractivity (Wildman–Crippen MR) is 64.8 cm³/mol. The number of aryl methyl sites for hydroxylation is 2. The van der Waals surface area contributed by atoms with Crippen LogP contribution in [0.15, 0.2) is 0 Å². The van der Waals surface area contributed by atoms with Crippen LogP contribution in [0, 0.1) is 0 Å². The summed E-state index contributed by atoms with van der Waals surface area (Å²) < 4.78 is 2.53. The lowest BCUT2D eigenvalue weighted by molar-refractivity contribution is 0.495. The molecule has 0 bridgehead atoms. The van der Waals surface area contributed by atoms with Crippen molar-refractivity contribution >= 4 is 0 Å². The second-order valence-corrected chi connectivity index (χ2v) is 5.01. The summed E-state index contributed by atoms with van der Waals surface area (Å²) in [5, 5.41) is 3.48. The molecule has 0 radical (unpaired) electrons. The number of aromatic nitrogens is 2. The minimum Gasteiger partial charge on any atom is -0.331 e. The number of imidazole rings is 1. The average Bonchev–Trinajstić information content (AvgIpc) is 2.94. The largest absolute Gasteiger partial charge is 0.331 e. The molecule has 2 aliphatic heterocycles. The lowest BCUT2D eigenvalue weighted by Crippen LogP contribution is -2.17. The van der Waals surface area contributed by atoms with Crippen molar-refractivity contribution in [2.24, 2.45) is 0 Å². The molecule has 0 amide bonds. The van der Waals surface area contributed by atoms with Gasteiger partial charge in [-0.25, -0.2) is 4.98 Å². The van der Waals surface area contributed by atoms with Crippen LogP contribution in [0.1, 0.15) is 49.3 Å². The van der Waals surface area contributed by atoms with Crippen molar-refractivity contribution in [3.05, 3.63) is 17.2 Å². The van der Waals surface area contributed by atoms with Crippen LogP contribution < -0.4 is 5.32 Å². The Hall–Kier alpha value is -0.830. The normalized spacial score (nSPS) is 24.7. The van der Waals surface area contributed by atoms with Crippen molar-refractivity contribution in [3.63, 3.8) is 0 Å². The Morgan fingerprint density at radius 3 is 3.12 bits per heavy atom. The molecule has 88 valence electrons. The molecule has 1 aromatic heterocycles. The van der Waals surface area contributed by atoms with Crippen LogP contribution >= 0.6 is 0 Å². The highest BCUT2D eigenvalue weighted by molar-refractivity contribution is 5.24. The predicted octanol–water partition coefficient (Wildman–Crippen LogP) is 1.86. The number of rotatable bonds is 2. The highest BCUT2D eigenvalue weighted by atomic mass is 15.1. The molecule has 1 N–H and O–H groups in total. The average molecular weight is 219 g/mol. The molecule has 1 saturated heterocycles. The van der Waals surface area contributed by atoms with Gasteiger partial charge in [0.2, 0.25) is 0 Å². The Morgan fingerprint density at radius 1 is 1.44 bits per heavy atom. The third-order valence-electron chi connectivity index (χ3n) is 3.98. The molecule has 1 unspecified atom stereocenters. The molecule has 0 saturated carbocycles. The van der Waals surface area contributed by atoms with E-state index in [1.807, 2.05) is 0 Å². The van der Waals surface area contributed by atoms with Gasteiger partial charge in [-0.1, -0.05) is 6.92 Å². The molecular weight excluding hydrogens is 198 g/mol. The van der Waals surface area contributed by atoms with E-state index in [4.69, 9.17) is 4.98 Å². The summed E-state index contributed by atoms with van der Waals surface area (Å²) in [5.41, 5.74) is 2.92. The summed E-state index contributed by atoms with van der Waals surface area (Å²) in [6.45, 7) is 5.76. The maximum absolute atomic E-state index is 4.85. The first kappa shape index (κ1) is 10.3. The van der Waals surface area contributed by atoms with E-state index in [9.17, 15) is 0 Å². The van der Waals surface area contributed by atoms with Crippen molar-refractivity contribution < 1.29 is 0 Å². The zero-order valence-corrected chi connectivity index (χ0v) is 10.1. The van der Waals surface area contributed by atoms with Crippen LogP contribution in [-0.2, 0) is 19.4 Å². The van der Waals surface area contributed by atoms with Crippen LogP contribution in [0.25, 0.3) is 0 Å². The van der Waals surface area contributed by atoms with Crippen LogP contribution in [0.2, 0.25) is 0 Å². The van der Waals surface area contributed by atoms with Gasteiger partial charge in [-0.05, 0) is 32.2 Å². The zero-order chi connectivity index (χ0) is 11.0. The quantitative estimate of drug-likeness (QED) is 0.823. The summed E-state index contributed by atoms with van der Waals surface area (Å²) in [6.07, 6.45) is 6.22. The van der Waals surface area contributed by atoms with Gasteiger partial charge in [0.1, 0.15) is 5.82 Å². The van der Waals surface area contributed by atoms with Crippen molar-refractivity contribution in [3.8, 4) is 0 Å².